The number of hydrogen-bond acceptors (Lipinski definition) is 2. The fourth-order valence-corrected chi connectivity index (χ4v) is 2.60. The van der Waals surface area contributed by atoms with E-state index in [0.29, 0.717) is 5.92 Å². The van der Waals surface area contributed by atoms with Crippen molar-refractivity contribution in [2.24, 2.45) is 11.3 Å². The van der Waals surface area contributed by atoms with Crippen LogP contribution in [-0.4, -0.2) is 12.1 Å². The standard InChI is InChI=1S/C13H24O2/c1-10(14)15-12(13(2,3)4)11-8-6-5-7-9-11/h11-12H,5-9H2,1-4H3. The number of carbonyl (C=O) groups excluding carboxylic acids is 1. The molecule has 0 aromatic carbocycles. The maximum Gasteiger partial charge on any atom is 0.302 e. The van der Waals surface area contributed by atoms with Gasteiger partial charge in [0.15, 0.2) is 0 Å². The number of rotatable bonds is 2. The molecule has 0 saturated heterocycles. The molecule has 2 heteroatoms. The number of ether oxygens (including phenoxy) is 1. The van der Waals surface area contributed by atoms with E-state index in [1.54, 1.807) is 0 Å². The van der Waals surface area contributed by atoms with Gasteiger partial charge in [0.05, 0.1) is 0 Å². The fourth-order valence-electron chi connectivity index (χ4n) is 2.60. The molecule has 0 aromatic heterocycles. The highest BCUT2D eigenvalue weighted by atomic mass is 16.5. The lowest BCUT2D eigenvalue weighted by Gasteiger charge is -2.38. The minimum Gasteiger partial charge on any atom is -0.462 e. The van der Waals surface area contributed by atoms with E-state index in [2.05, 4.69) is 20.8 Å². The van der Waals surface area contributed by atoms with Gasteiger partial charge in [-0.15, -0.1) is 0 Å². The van der Waals surface area contributed by atoms with Gasteiger partial charge in [0, 0.05) is 6.92 Å². The fraction of sp³-hybridized carbons (Fsp3) is 0.923. The van der Waals surface area contributed by atoms with Crippen molar-refractivity contribution in [2.75, 3.05) is 0 Å². The molecule has 1 rings (SSSR count). The van der Waals surface area contributed by atoms with E-state index in [1.807, 2.05) is 0 Å². The Morgan fingerprint density at radius 2 is 1.73 bits per heavy atom. The van der Waals surface area contributed by atoms with E-state index in [-0.39, 0.29) is 17.5 Å². The minimum atomic E-state index is -0.138. The van der Waals surface area contributed by atoms with Gasteiger partial charge in [-0.3, -0.25) is 4.79 Å². The summed E-state index contributed by atoms with van der Waals surface area (Å²) in [6, 6.07) is 0. The van der Waals surface area contributed by atoms with Crippen molar-refractivity contribution in [3.63, 3.8) is 0 Å². The summed E-state index contributed by atoms with van der Waals surface area (Å²) in [5, 5.41) is 0. The highest BCUT2D eigenvalue weighted by Gasteiger charge is 2.35. The van der Waals surface area contributed by atoms with Gasteiger partial charge in [-0.25, -0.2) is 0 Å². The Labute approximate surface area is 93.4 Å². The summed E-state index contributed by atoms with van der Waals surface area (Å²) in [7, 11) is 0. The molecule has 0 aliphatic heterocycles. The maximum atomic E-state index is 11.1. The average Bonchev–Trinajstić information content (AvgIpc) is 2.14. The first-order valence-electron chi connectivity index (χ1n) is 6.08. The molecule has 0 aromatic rings. The van der Waals surface area contributed by atoms with Crippen LogP contribution in [0.15, 0.2) is 0 Å². The molecule has 1 aliphatic rings. The van der Waals surface area contributed by atoms with Crippen molar-refractivity contribution in [3.8, 4) is 0 Å². The largest absolute Gasteiger partial charge is 0.462 e. The average molecular weight is 212 g/mol. The molecule has 0 N–H and O–H groups in total. The second kappa shape index (κ2) is 5.00. The second-order valence-electron chi connectivity index (χ2n) is 5.79. The quantitative estimate of drug-likeness (QED) is 0.654. The Kier molecular flexibility index (Phi) is 4.18. The Bertz CT molecular complexity index is 209. The molecule has 1 aliphatic carbocycles. The first-order valence-corrected chi connectivity index (χ1v) is 6.08. The van der Waals surface area contributed by atoms with Crippen LogP contribution in [0.3, 0.4) is 0 Å². The van der Waals surface area contributed by atoms with Gasteiger partial charge >= 0.3 is 5.97 Å². The van der Waals surface area contributed by atoms with Crippen LogP contribution in [0.4, 0.5) is 0 Å². The molecule has 88 valence electrons. The van der Waals surface area contributed by atoms with Crippen molar-refractivity contribution in [1.29, 1.82) is 0 Å². The van der Waals surface area contributed by atoms with Gasteiger partial charge in [0.25, 0.3) is 0 Å². The summed E-state index contributed by atoms with van der Waals surface area (Å²) in [5.41, 5.74) is 0.0632. The molecular formula is C13H24O2. The highest BCUT2D eigenvalue weighted by Crippen LogP contribution is 2.36. The predicted molar refractivity (Wildman–Crippen MR) is 61.6 cm³/mol. The normalized spacial score (nSPS) is 21.1. The molecule has 1 fully saturated rings. The van der Waals surface area contributed by atoms with E-state index < -0.39 is 0 Å². The van der Waals surface area contributed by atoms with Crippen molar-refractivity contribution >= 4 is 5.97 Å². The van der Waals surface area contributed by atoms with Gasteiger partial charge in [-0.2, -0.15) is 0 Å². The summed E-state index contributed by atoms with van der Waals surface area (Å²) in [4.78, 5) is 11.1. The van der Waals surface area contributed by atoms with Crippen molar-refractivity contribution in [2.45, 2.75) is 65.9 Å². The molecule has 0 amide bonds. The summed E-state index contributed by atoms with van der Waals surface area (Å²) in [5.74, 6) is 0.433. The topological polar surface area (TPSA) is 26.3 Å². The van der Waals surface area contributed by atoms with Crippen LogP contribution in [0.2, 0.25) is 0 Å². The molecular weight excluding hydrogens is 188 g/mol. The molecule has 0 heterocycles. The molecule has 0 spiro atoms. The lowest BCUT2D eigenvalue weighted by atomic mass is 9.75. The van der Waals surface area contributed by atoms with Crippen molar-refractivity contribution < 1.29 is 9.53 Å². The van der Waals surface area contributed by atoms with Gasteiger partial charge in [-0.1, -0.05) is 40.0 Å². The Balaban J connectivity index is 2.66. The Morgan fingerprint density at radius 1 is 1.20 bits per heavy atom. The minimum absolute atomic E-state index is 0.0632. The second-order valence-corrected chi connectivity index (χ2v) is 5.79. The van der Waals surface area contributed by atoms with Crippen LogP contribution in [0, 0.1) is 11.3 Å². The third kappa shape index (κ3) is 3.84. The van der Waals surface area contributed by atoms with E-state index in [1.165, 1.54) is 39.0 Å². The summed E-state index contributed by atoms with van der Waals surface area (Å²) in [6.45, 7) is 8.00. The first kappa shape index (κ1) is 12.5. The third-order valence-electron chi connectivity index (χ3n) is 3.22. The summed E-state index contributed by atoms with van der Waals surface area (Å²) in [6.07, 6.45) is 6.45. The van der Waals surface area contributed by atoms with Crippen molar-refractivity contribution in [1.82, 2.24) is 0 Å². The molecule has 0 radical (unpaired) electrons. The Morgan fingerprint density at radius 3 is 2.13 bits per heavy atom. The lowest BCUT2D eigenvalue weighted by molar-refractivity contribution is -0.157. The third-order valence-corrected chi connectivity index (χ3v) is 3.22. The zero-order valence-electron chi connectivity index (χ0n) is 10.5. The first-order chi connectivity index (χ1) is 6.91. The van der Waals surface area contributed by atoms with Gasteiger partial charge in [0.1, 0.15) is 6.10 Å². The van der Waals surface area contributed by atoms with Gasteiger partial charge in [-0.05, 0) is 24.2 Å². The van der Waals surface area contributed by atoms with E-state index in [0.717, 1.165) is 0 Å². The van der Waals surface area contributed by atoms with E-state index >= 15 is 0 Å². The van der Waals surface area contributed by atoms with Crippen molar-refractivity contribution in [3.05, 3.63) is 0 Å². The van der Waals surface area contributed by atoms with Crippen LogP contribution in [-0.2, 0) is 9.53 Å². The highest BCUT2D eigenvalue weighted by molar-refractivity contribution is 5.66. The number of esters is 1. The molecule has 15 heavy (non-hydrogen) atoms. The number of carbonyl (C=O) groups is 1. The van der Waals surface area contributed by atoms with Crippen LogP contribution >= 0.6 is 0 Å². The van der Waals surface area contributed by atoms with Crippen LogP contribution < -0.4 is 0 Å². The molecule has 1 saturated carbocycles. The predicted octanol–water partition coefficient (Wildman–Crippen LogP) is 3.54. The van der Waals surface area contributed by atoms with Crippen LogP contribution in [0.5, 0.6) is 0 Å². The monoisotopic (exact) mass is 212 g/mol. The summed E-state index contributed by atoms with van der Waals surface area (Å²) < 4.78 is 5.52. The molecule has 1 atom stereocenters. The van der Waals surface area contributed by atoms with E-state index in [9.17, 15) is 4.79 Å². The summed E-state index contributed by atoms with van der Waals surface area (Å²) >= 11 is 0. The van der Waals surface area contributed by atoms with Gasteiger partial charge in [0.2, 0.25) is 0 Å². The zero-order valence-corrected chi connectivity index (χ0v) is 10.5. The van der Waals surface area contributed by atoms with Crippen LogP contribution in [0.1, 0.15) is 59.8 Å². The Hall–Kier alpha value is -0.530. The SMILES string of the molecule is CC(=O)OC(C1CCCCC1)C(C)(C)C. The molecule has 0 bridgehead atoms. The number of hydrogen-bond donors (Lipinski definition) is 0. The van der Waals surface area contributed by atoms with Gasteiger partial charge < -0.3 is 4.74 Å². The smallest absolute Gasteiger partial charge is 0.302 e. The lowest BCUT2D eigenvalue weighted by Crippen LogP contribution is -2.38. The molecule has 1 unspecified atom stereocenters. The van der Waals surface area contributed by atoms with Crippen LogP contribution in [0.25, 0.3) is 0 Å². The molecule has 2 nitrogen and oxygen atoms in total. The van der Waals surface area contributed by atoms with E-state index in [4.69, 9.17) is 4.74 Å². The maximum absolute atomic E-state index is 11.1. The zero-order chi connectivity index (χ0) is 11.5.